The molecule has 32 heavy (non-hydrogen) atoms. The first-order chi connectivity index (χ1) is 15.5. The van der Waals surface area contributed by atoms with Gasteiger partial charge < -0.3 is 20.0 Å². The van der Waals surface area contributed by atoms with Gasteiger partial charge in [0, 0.05) is 33.3 Å². The third-order valence-corrected chi connectivity index (χ3v) is 5.94. The summed E-state index contributed by atoms with van der Waals surface area (Å²) in [4.78, 5) is 22.5. The predicted octanol–water partition coefficient (Wildman–Crippen LogP) is 4.12. The summed E-state index contributed by atoms with van der Waals surface area (Å²) in [6.45, 7) is 1.09. The van der Waals surface area contributed by atoms with Crippen molar-refractivity contribution < 1.29 is 9.21 Å². The van der Waals surface area contributed by atoms with E-state index in [2.05, 4.69) is 26.7 Å². The zero-order chi connectivity index (χ0) is 22.5. The van der Waals surface area contributed by atoms with Crippen LogP contribution in [0.15, 0.2) is 70.1 Å². The molecule has 0 unspecified atom stereocenters. The van der Waals surface area contributed by atoms with Gasteiger partial charge in [-0.05, 0) is 42.0 Å². The summed E-state index contributed by atoms with van der Waals surface area (Å²) >= 11 is 1.62. The number of hydrogen-bond acceptors (Lipinski definition) is 5. The largest absolute Gasteiger partial charge is 0.457 e. The summed E-state index contributed by atoms with van der Waals surface area (Å²) in [5.74, 6) is 2.22. The normalized spacial score (nSPS) is 11.5. The van der Waals surface area contributed by atoms with Crippen molar-refractivity contribution in [1.82, 2.24) is 20.5 Å². The van der Waals surface area contributed by atoms with Crippen molar-refractivity contribution in [2.75, 3.05) is 21.1 Å². The number of fused-ring (bicyclic) bond motifs is 1. The fourth-order valence-electron chi connectivity index (χ4n) is 3.17. The van der Waals surface area contributed by atoms with Crippen LogP contribution in [-0.2, 0) is 13.1 Å². The molecule has 0 aliphatic heterocycles. The second kappa shape index (κ2) is 9.65. The minimum atomic E-state index is -0.00866. The van der Waals surface area contributed by atoms with Gasteiger partial charge >= 0.3 is 0 Å². The van der Waals surface area contributed by atoms with Gasteiger partial charge in [0.25, 0.3) is 5.91 Å². The van der Waals surface area contributed by atoms with E-state index in [4.69, 9.17) is 4.42 Å². The highest BCUT2D eigenvalue weighted by atomic mass is 32.1. The van der Waals surface area contributed by atoms with Crippen LogP contribution < -0.4 is 10.6 Å². The number of rotatable bonds is 6. The molecule has 0 aliphatic carbocycles. The Kier molecular flexibility index (Phi) is 6.51. The monoisotopic (exact) mass is 447 g/mol. The molecule has 0 aliphatic rings. The third kappa shape index (κ3) is 4.97. The Morgan fingerprint density at radius 2 is 1.78 bits per heavy atom. The average molecular weight is 448 g/mol. The van der Waals surface area contributed by atoms with E-state index >= 15 is 0 Å². The molecule has 2 N–H and O–H groups in total. The summed E-state index contributed by atoms with van der Waals surface area (Å²) in [6.07, 6.45) is 0. The number of carbonyl (C=O) groups excluding carboxylic acids is 1. The zero-order valence-corrected chi connectivity index (χ0v) is 19.1. The van der Waals surface area contributed by atoms with Gasteiger partial charge in [0.1, 0.15) is 5.76 Å². The Bertz CT molecular complexity index is 1210. The van der Waals surface area contributed by atoms with Crippen molar-refractivity contribution in [3.63, 3.8) is 0 Å². The number of nitrogens with one attached hydrogen (secondary N) is 2. The molecular formula is C24H25N5O2S. The number of nitrogens with zero attached hydrogens (tertiary/aromatic N) is 3. The molecule has 2 aromatic carbocycles. The molecule has 0 bridgehead atoms. The van der Waals surface area contributed by atoms with Crippen LogP contribution in [0.3, 0.4) is 0 Å². The Labute approximate surface area is 190 Å². The molecule has 7 nitrogen and oxygen atoms in total. The summed E-state index contributed by atoms with van der Waals surface area (Å²) in [5.41, 5.74) is 2.70. The van der Waals surface area contributed by atoms with E-state index in [0.29, 0.717) is 24.6 Å². The van der Waals surface area contributed by atoms with Crippen molar-refractivity contribution in [3.05, 3.63) is 77.6 Å². The van der Waals surface area contributed by atoms with Crippen LogP contribution in [0.5, 0.6) is 0 Å². The highest BCUT2D eigenvalue weighted by Gasteiger charge is 2.11. The maximum atomic E-state index is 12.0. The van der Waals surface area contributed by atoms with E-state index < -0.39 is 0 Å². The van der Waals surface area contributed by atoms with Crippen LogP contribution in [-0.4, -0.2) is 42.9 Å². The molecule has 4 aromatic rings. The molecule has 0 saturated carbocycles. The Hall–Kier alpha value is -3.65. The highest BCUT2D eigenvalue weighted by Crippen LogP contribution is 2.31. The maximum Gasteiger partial charge on any atom is 0.253 e. The van der Waals surface area contributed by atoms with Gasteiger partial charge in [-0.15, -0.1) is 11.3 Å². The Morgan fingerprint density at radius 1 is 1.03 bits per heavy atom. The molecule has 2 aromatic heterocycles. The maximum absolute atomic E-state index is 12.0. The van der Waals surface area contributed by atoms with Crippen molar-refractivity contribution in [2.24, 2.45) is 4.99 Å². The lowest BCUT2D eigenvalue weighted by Crippen LogP contribution is -2.36. The van der Waals surface area contributed by atoms with Crippen LogP contribution in [0.2, 0.25) is 0 Å². The fourth-order valence-corrected chi connectivity index (χ4v) is 4.09. The quantitative estimate of drug-likeness (QED) is 0.343. The first-order valence-corrected chi connectivity index (χ1v) is 11.0. The summed E-state index contributed by atoms with van der Waals surface area (Å²) in [7, 11) is 5.21. The van der Waals surface area contributed by atoms with E-state index in [-0.39, 0.29) is 5.91 Å². The van der Waals surface area contributed by atoms with Crippen LogP contribution in [0.4, 0.5) is 0 Å². The third-order valence-electron chi connectivity index (χ3n) is 4.89. The Morgan fingerprint density at radius 3 is 2.50 bits per heavy atom. The van der Waals surface area contributed by atoms with E-state index in [0.717, 1.165) is 32.3 Å². The first-order valence-electron chi connectivity index (χ1n) is 10.2. The number of hydrogen-bond donors (Lipinski definition) is 2. The van der Waals surface area contributed by atoms with Crippen molar-refractivity contribution in [2.45, 2.75) is 13.1 Å². The standard InChI is InChI=1S/C24H25N5O2S/c1-25-24(26-14-16-8-10-17(11-9-16)23(30)29(2)3)27-15-18-12-13-20(31-18)22-28-19-6-4-5-7-21(19)32-22/h4-13H,14-15H2,1-3H3,(H2,25,26,27). The minimum Gasteiger partial charge on any atom is -0.457 e. The van der Waals surface area contributed by atoms with Gasteiger partial charge in [0.15, 0.2) is 16.7 Å². The summed E-state index contributed by atoms with van der Waals surface area (Å²) in [6, 6.07) is 19.5. The van der Waals surface area contributed by atoms with Gasteiger partial charge in [-0.25, -0.2) is 4.98 Å². The number of thiazole rings is 1. The number of aliphatic imine (C=N–C) groups is 1. The lowest BCUT2D eigenvalue weighted by Gasteiger charge is -2.12. The topological polar surface area (TPSA) is 82.8 Å². The number of guanidine groups is 1. The molecule has 0 atom stereocenters. The molecule has 2 heterocycles. The SMILES string of the molecule is CN=C(NCc1ccc(C(=O)N(C)C)cc1)NCc1ccc(-c2nc3ccccc3s2)o1. The Balaban J connectivity index is 1.32. The molecule has 164 valence electrons. The van der Waals surface area contributed by atoms with Gasteiger partial charge in [-0.1, -0.05) is 24.3 Å². The van der Waals surface area contributed by atoms with Gasteiger partial charge in [0.05, 0.1) is 16.8 Å². The second-order valence-electron chi connectivity index (χ2n) is 7.43. The zero-order valence-electron chi connectivity index (χ0n) is 18.3. The van der Waals surface area contributed by atoms with E-state index in [1.54, 1.807) is 37.4 Å². The number of para-hydroxylation sites is 1. The van der Waals surface area contributed by atoms with Crippen LogP contribution >= 0.6 is 11.3 Å². The molecule has 8 heteroatoms. The summed E-state index contributed by atoms with van der Waals surface area (Å²) < 4.78 is 7.12. The van der Waals surface area contributed by atoms with Gasteiger partial charge in [-0.3, -0.25) is 9.79 Å². The predicted molar refractivity (Wildman–Crippen MR) is 129 cm³/mol. The fraction of sp³-hybridized carbons (Fsp3) is 0.208. The molecule has 0 saturated heterocycles. The average Bonchev–Trinajstić information content (AvgIpc) is 3.46. The van der Waals surface area contributed by atoms with Crippen LogP contribution in [0.25, 0.3) is 21.0 Å². The molecule has 1 amide bonds. The van der Waals surface area contributed by atoms with Crippen LogP contribution in [0.1, 0.15) is 21.7 Å². The number of benzene rings is 2. The second-order valence-corrected chi connectivity index (χ2v) is 8.46. The molecular weight excluding hydrogens is 422 g/mol. The van der Waals surface area contributed by atoms with E-state index in [9.17, 15) is 4.79 Å². The van der Waals surface area contributed by atoms with Crippen molar-refractivity contribution in [3.8, 4) is 10.8 Å². The van der Waals surface area contributed by atoms with E-state index in [1.807, 2.05) is 54.6 Å². The van der Waals surface area contributed by atoms with Crippen molar-refractivity contribution in [1.29, 1.82) is 0 Å². The van der Waals surface area contributed by atoms with Gasteiger partial charge in [0.2, 0.25) is 0 Å². The highest BCUT2D eigenvalue weighted by molar-refractivity contribution is 7.21. The minimum absolute atomic E-state index is 0.00866. The van der Waals surface area contributed by atoms with Gasteiger partial charge in [-0.2, -0.15) is 0 Å². The van der Waals surface area contributed by atoms with Crippen LogP contribution in [0, 0.1) is 0 Å². The number of amides is 1. The number of carbonyl (C=O) groups is 1. The summed E-state index contributed by atoms with van der Waals surface area (Å²) in [5, 5.41) is 7.41. The first kappa shape index (κ1) is 21.6. The van der Waals surface area contributed by atoms with Crippen molar-refractivity contribution >= 4 is 33.4 Å². The van der Waals surface area contributed by atoms with E-state index in [1.165, 1.54) is 0 Å². The smallest absolute Gasteiger partial charge is 0.253 e. The number of furan rings is 1. The lowest BCUT2D eigenvalue weighted by atomic mass is 10.1. The molecule has 4 rings (SSSR count). The molecule has 0 radical (unpaired) electrons. The lowest BCUT2D eigenvalue weighted by molar-refractivity contribution is 0.0827. The molecule has 0 spiro atoms. The number of aromatic nitrogens is 1. The molecule has 0 fully saturated rings.